The van der Waals surface area contributed by atoms with E-state index in [1.807, 2.05) is 41.0 Å². The zero-order chi connectivity index (χ0) is 14.0. The minimum Gasteiger partial charge on any atom is -0.397 e. The van der Waals surface area contributed by atoms with Crippen LogP contribution < -0.4 is 10.6 Å². The SMILES string of the molecule is CC(C)n1ccc(CN(C)c2cc(Cl)ccc2N)n1. The van der Waals surface area contributed by atoms with Gasteiger partial charge in [0.05, 0.1) is 23.6 Å². The van der Waals surface area contributed by atoms with Crippen LogP contribution in [-0.2, 0) is 6.54 Å². The first-order valence-corrected chi connectivity index (χ1v) is 6.65. The van der Waals surface area contributed by atoms with Crippen LogP contribution in [0, 0.1) is 0 Å². The molecule has 19 heavy (non-hydrogen) atoms. The average Bonchev–Trinajstić information content (AvgIpc) is 2.80. The number of halogens is 1. The van der Waals surface area contributed by atoms with E-state index < -0.39 is 0 Å². The van der Waals surface area contributed by atoms with Gasteiger partial charge in [-0.1, -0.05) is 11.6 Å². The summed E-state index contributed by atoms with van der Waals surface area (Å²) in [5, 5.41) is 5.21. The Labute approximate surface area is 118 Å². The maximum absolute atomic E-state index is 6.01. The topological polar surface area (TPSA) is 47.1 Å². The lowest BCUT2D eigenvalue weighted by molar-refractivity contribution is 0.526. The molecule has 4 nitrogen and oxygen atoms in total. The van der Waals surface area contributed by atoms with E-state index in [-0.39, 0.29) is 0 Å². The van der Waals surface area contributed by atoms with Crippen molar-refractivity contribution in [3.8, 4) is 0 Å². The first kappa shape index (κ1) is 13.7. The van der Waals surface area contributed by atoms with Crippen molar-refractivity contribution >= 4 is 23.0 Å². The van der Waals surface area contributed by atoms with Gasteiger partial charge in [0.1, 0.15) is 0 Å². The molecule has 1 aromatic carbocycles. The minimum absolute atomic E-state index is 0.371. The van der Waals surface area contributed by atoms with Crippen molar-refractivity contribution in [3.63, 3.8) is 0 Å². The summed E-state index contributed by atoms with van der Waals surface area (Å²) in [6, 6.07) is 7.88. The Morgan fingerprint density at radius 1 is 1.37 bits per heavy atom. The fraction of sp³-hybridized carbons (Fsp3) is 0.357. The highest BCUT2D eigenvalue weighted by molar-refractivity contribution is 6.31. The van der Waals surface area contributed by atoms with Gasteiger partial charge >= 0.3 is 0 Å². The lowest BCUT2D eigenvalue weighted by atomic mass is 10.2. The molecule has 0 radical (unpaired) electrons. The van der Waals surface area contributed by atoms with Crippen LogP contribution in [0.3, 0.4) is 0 Å². The molecule has 102 valence electrons. The Balaban J connectivity index is 2.15. The fourth-order valence-corrected chi connectivity index (χ4v) is 2.09. The van der Waals surface area contributed by atoms with Gasteiger partial charge in [-0.2, -0.15) is 5.10 Å². The molecule has 1 aromatic heterocycles. The Hall–Kier alpha value is -1.68. The van der Waals surface area contributed by atoms with Gasteiger partial charge in [-0.25, -0.2) is 0 Å². The van der Waals surface area contributed by atoms with Crippen LogP contribution in [0.25, 0.3) is 0 Å². The normalized spacial score (nSPS) is 11.0. The molecule has 0 aliphatic rings. The molecule has 0 unspecified atom stereocenters. The highest BCUT2D eigenvalue weighted by Crippen LogP contribution is 2.26. The molecule has 5 heteroatoms. The number of nitrogens with zero attached hydrogens (tertiary/aromatic N) is 3. The van der Waals surface area contributed by atoms with Gasteiger partial charge in [-0.05, 0) is 38.1 Å². The van der Waals surface area contributed by atoms with E-state index in [0.717, 1.165) is 17.1 Å². The molecule has 0 aliphatic heterocycles. The minimum atomic E-state index is 0.371. The van der Waals surface area contributed by atoms with Crippen LogP contribution >= 0.6 is 11.6 Å². The molecule has 2 rings (SSSR count). The summed E-state index contributed by atoms with van der Waals surface area (Å²) in [5.41, 5.74) is 8.62. The zero-order valence-corrected chi connectivity index (χ0v) is 12.2. The number of hydrogen-bond acceptors (Lipinski definition) is 3. The van der Waals surface area contributed by atoms with Gasteiger partial charge in [0.2, 0.25) is 0 Å². The summed E-state index contributed by atoms with van der Waals surface area (Å²) in [6.45, 7) is 4.91. The number of anilines is 2. The third-order valence-corrected chi connectivity index (χ3v) is 3.23. The molecular weight excluding hydrogens is 260 g/mol. The lowest BCUT2D eigenvalue weighted by Crippen LogP contribution is -2.18. The van der Waals surface area contributed by atoms with Crippen LogP contribution in [-0.4, -0.2) is 16.8 Å². The highest BCUT2D eigenvalue weighted by Gasteiger charge is 2.09. The molecule has 1 heterocycles. The van der Waals surface area contributed by atoms with Gasteiger partial charge in [-0.3, -0.25) is 4.68 Å². The molecule has 0 fully saturated rings. The van der Waals surface area contributed by atoms with Crippen LogP contribution in [0.5, 0.6) is 0 Å². The second-order valence-electron chi connectivity index (χ2n) is 4.94. The van der Waals surface area contributed by atoms with Crippen molar-refractivity contribution in [1.82, 2.24) is 9.78 Å². The summed E-state index contributed by atoms with van der Waals surface area (Å²) >= 11 is 6.01. The average molecular weight is 279 g/mol. The van der Waals surface area contributed by atoms with Crippen LogP contribution in [0.1, 0.15) is 25.6 Å². The molecule has 0 spiro atoms. The van der Waals surface area contributed by atoms with E-state index in [1.54, 1.807) is 6.07 Å². The molecule has 0 bridgehead atoms. The number of rotatable bonds is 4. The molecule has 0 saturated carbocycles. The van der Waals surface area contributed by atoms with Crippen LogP contribution in [0.15, 0.2) is 30.5 Å². The molecule has 2 N–H and O–H groups in total. The predicted octanol–water partition coefficient (Wildman–Crippen LogP) is 3.34. The Morgan fingerprint density at radius 3 is 2.74 bits per heavy atom. The van der Waals surface area contributed by atoms with E-state index in [1.165, 1.54) is 0 Å². The van der Waals surface area contributed by atoms with Crippen LogP contribution in [0.4, 0.5) is 11.4 Å². The van der Waals surface area contributed by atoms with Crippen molar-refractivity contribution in [2.75, 3.05) is 17.7 Å². The first-order chi connectivity index (χ1) is 8.97. The first-order valence-electron chi connectivity index (χ1n) is 6.27. The van der Waals surface area contributed by atoms with Gasteiger partial charge in [0.15, 0.2) is 0 Å². The fourth-order valence-electron chi connectivity index (χ4n) is 1.92. The van der Waals surface area contributed by atoms with Gasteiger partial charge in [-0.15, -0.1) is 0 Å². The van der Waals surface area contributed by atoms with E-state index in [4.69, 9.17) is 17.3 Å². The highest BCUT2D eigenvalue weighted by atomic mass is 35.5. The zero-order valence-electron chi connectivity index (χ0n) is 11.5. The summed E-state index contributed by atoms with van der Waals surface area (Å²) in [4.78, 5) is 2.05. The van der Waals surface area contributed by atoms with Gasteiger partial charge < -0.3 is 10.6 Å². The monoisotopic (exact) mass is 278 g/mol. The maximum atomic E-state index is 6.01. The largest absolute Gasteiger partial charge is 0.397 e. The summed E-state index contributed by atoms with van der Waals surface area (Å²) < 4.78 is 1.95. The van der Waals surface area contributed by atoms with Gasteiger partial charge in [0, 0.05) is 24.3 Å². The number of benzene rings is 1. The van der Waals surface area contributed by atoms with Crippen LogP contribution in [0.2, 0.25) is 5.02 Å². The Bertz CT molecular complexity index is 562. The molecule has 2 aromatic rings. The number of nitrogens with two attached hydrogens (primary N) is 1. The number of hydrogen-bond donors (Lipinski definition) is 1. The number of nitrogen functional groups attached to an aromatic ring is 1. The van der Waals surface area contributed by atoms with Crippen molar-refractivity contribution < 1.29 is 0 Å². The van der Waals surface area contributed by atoms with E-state index in [0.29, 0.717) is 17.6 Å². The standard InChI is InChI=1S/C14H19ClN4/c1-10(2)19-7-6-12(17-19)9-18(3)14-8-11(15)4-5-13(14)16/h4-8,10H,9,16H2,1-3H3. The smallest absolute Gasteiger partial charge is 0.0817 e. The van der Waals surface area contributed by atoms with E-state index in [9.17, 15) is 0 Å². The van der Waals surface area contributed by atoms with E-state index in [2.05, 4.69) is 18.9 Å². The summed E-state index contributed by atoms with van der Waals surface area (Å²) in [6.07, 6.45) is 2.00. The second kappa shape index (κ2) is 5.53. The molecule has 0 atom stereocenters. The van der Waals surface area contributed by atoms with Crippen molar-refractivity contribution in [2.24, 2.45) is 0 Å². The Kier molecular flexibility index (Phi) is 4.00. The van der Waals surface area contributed by atoms with E-state index >= 15 is 0 Å². The Morgan fingerprint density at radius 2 is 2.11 bits per heavy atom. The molecule has 0 amide bonds. The maximum Gasteiger partial charge on any atom is 0.0817 e. The third kappa shape index (κ3) is 3.20. The third-order valence-electron chi connectivity index (χ3n) is 3.00. The van der Waals surface area contributed by atoms with Gasteiger partial charge in [0.25, 0.3) is 0 Å². The summed E-state index contributed by atoms with van der Waals surface area (Å²) in [5.74, 6) is 0. The predicted molar refractivity (Wildman–Crippen MR) is 80.6 cm³/mol. The second-order valence-corrected chi connectivity index (χ2v) is 5.38. The van der Waals surface area contributed by atoms with Crippen molar-refractivity contribution in [3.05, 3.63) is 41.2 Å². The van der Waals surface area contributed by atoms with Crippen molar-refractivity contribution in [1.29, 1.82) is 0 Å². The molecule has 0 aliphatic carbocycles. The van der Waals surface area contributed by atoms with Crippen molar-refractivity contribution in [2.45, 2.75) is 26.4 Å². The lowest BCUT2D eigenvalue weighted by Gasteiger charge is -2.20. The molecule has 0 saturated heterocycles. The summed E-state index contributed by atoms with van der Waals surface area (Å²) in [7, 11) is 1.98. The molecular formula is C14H19ClN4. The quantitative estimate of drug-likeness (QED) is 0.873. The number of aromatic nitrogens is 2.